The van der Waals surface area contributed by atoms with Crippen molar-refractivity contribution in [3.63, 3.8) is 0 Å². The van der Waals surface area contributed by atoms with Gasteiger partial charge in [0.2, 0.25) is 0 Å². The normalized spacial score (nSPS) is 30.8. The number of ether oxygens (including phenoxy) is 2. The molecule has 1 saturated heterocycles. The minimum atomic E-state index is -0.982. The first-order chi connectivity index (χ1) is 10.8. The van der Waals surface area contributed by atoms with E-state index < -0.39 is 30.6 Å². The molecule has 7 nitrogen and oxygen atoms in total. The summed E-state index contributed by atoms with van der Waals surface area (Å²) in [6.45, 7) is 3.66. The largest absolute Gasteiger partial charge is 0.481 e. The molecule has 1 heterocycles. The zero-order chi connectivity index (χ0) is 17.4. The summed E-state index contributed by atoms with van der Waals surface area (Å²) in [6.07, 6.45) is 0.448. The van der Waals surface area contributed by atoms with Crippen LogP contribution in [0.5, 0.6) is 0 Å². The first kappa shape index (κ1) is 20.3. The second-order valence-electron chi connectivity index (χ2n) is 6.42. The molecule has 136 valence electrons. The van der Waals surface area contributed by atoms with Crippen molar-refractivity contribution in [2.45, 2.75) is 95.6 Å². The van der Waals surface area contributed by atoms with Crippen LogP contribution in [0.1, 0.15) is 58.8 Å². The van der Waals surface area contributed by atoms with Gasteiger partial charge in [-0.2, -0.15) is 0 Å². The van der Waals surface area contributed by atoms with Crippen LogP contribution in [0.3, 0.4) is 0 Å². The molecule has 0 unspecified atom stereocenters. The molecule has 1 rings (SSSR count). The molecule has 1 fully saturated rings. The molecular weight excluding hydrogens is 304 g/mol. The maximum Gasteiger partial charge on any atom is 0.305 e. The average Bonchev–Trinajstić information content (AvgIpc) is 2.43. The highest BCUT2D eigenvalue weighted by Gasteiger charge is 2.35. The Balaban J connectivity index is 2.12. The first-order valence-electron chi connectivity index (χ1n) is 8.36. The molecule has 0 radical (unpaired) electrons. The van der Waals surface area contributed by atoms with E-state index in [1.54, 1.807) is 6.92 Å². The number of aliphatic hydroxyl groups is 3. The summed E-state index contributed by atoms with van der Waals surface area (Å²) < 4.78 is 11.2. The lowest BCUT2D eigenvalue weighted by molar-refractivity contribution is -0.273. The molecule has 1 aliphatic heterocycles. The smallest absolute Gasteiger partial charge is 0.305 e. The number of hydrogen-bond acceptors (Lipinski definition) is 6. The van der Waals surface area contributed by atoms with Gasteiger partial charge < -0.3 is 29.9 Å². The van der Waals surface area contributed by atoms with Crippen molar-refractivity contribution in [1.82, 2.24) is 0 Å². The van der Waals surface area contributed by atoms with E-state index in [2.05, 4.69) is 0 Å². The summed E-state index contributed by atoms with van der Waals surface area (Å²) in [6, 6.07) is 0. The topological polar surface area (TPSA) is 116 Å². The quantitative estimate of drug-likeness (QED) is 0.441. The Labute approximate surface area is 137 Å². The lowest BCUT2D eigenvalue weighted by Crippen LogP contribution is -2.48. The van der Waals surface area contributed by atoms with Crippen LogP contribution in [0.25, 0.3) is 0 Å². The molecule has 0 bridgehead atoms. The Bertz CT molecular complexity index is 349. The monoisotopic (exact) mass is 334 g/mol. The third kappa shape index (κ3) is 8.08. The molecule has 0 saturated carbocycles. The van der Waals surface area contributed by atoms with Crippen LogP contribution in [0.4, 0.5) is 0 Å². The Hall–Kier alpha value is -0.730. The van der Waals surface area contributed by atoms with Crippen molar-refractivity contribution < 1.29 is 34.7 Å². The predicted octanol–water partition coefficient (Wildman–Crippen LogP) is 1.03. The summed E-state index contributed by atoms with van der Waals surface area (Å²) in [7, 11) is 0. The second kappa shape index (κ2) is 10.2. The number of hydrogen-bond donors (Lipinski definition) is 4. The van der Waals surface area contributed by atoms with Crippen molar-refractivity contribution >= 4 is 5.97 Å². The molecule has 23 heavy (non-hydrogen) atoms. The number of carbonyl (C=O) groups is 1. The fourth-order valence-corrected chi connectivity index (χ4v) is 2.66. The molecule has 0 aromatic heterocycles. The zero-order valence-electron chi connectivity index (χ0n) is 13.9. The summed E-state index contributed by atoms with van der Waals surface area (Å²) >= 11 is 0. The number of carboxylic acids is 1. The Morgan fingerprint density at radius 1 is 1.22 bits per heavy atom. The maximum absolute atomic E-state index is 10.4. The van der Waals surface area contributed by atoms with E-state index in [0.29, 0.717) is 6.42 Å². The fourth-order valence-electron chi connectivity index (χ4n) is 2.66. The van der Waals surface area contributed by atoms with Gasteiger partial charge in [-0.3, -0.25) is 4.79 Å². The third-order valence-corrected chi connectivity index (χ3v) is 4.11. The molecule has 1 aliphatic rings. The summed E-state index contributed by atoms with van der Waals surface area (Å²) in [5.41, 5.74) is 0. The van der Waals surface area contributed by atoms with E-state index in [1.807, 2.05) is 6.92 Å². The Morgan fingerprint density at radius 3 is 2.52 bits per heavy atom. The van der Waals surface area contributed by atoms with E-state index in [-0.39, 0.29) is 25.0 Å². The third-order valence-electron chi connectivity index (χ3n) is 4.11. The minimum Gasteiger partial charge on any atom is -0.481 e. The molecule has 0 aromatic carbocycles. The van der Waals surface area contributed by atoms with Gasteiger partial charge in [0.15, 0.2) is 6.29 Å². The summed E-state index contributed by atoms with van der Waals surface area (Å²) in [5.74, 6) is -0.982. The molecule has 0 spiro atoms. The first-order valence-corrected chi connectivity index (χ1v) is 8.36. The van der Waals surface area contributed by atoms with E-state index in [9.17, 15) is 20.1 Å². The molecule has 7 heteroatoms. The van der Waals surface area contributed by atoms with Crippen molar-refractivity contribution in [3.8, 4) is 0 Å². The molecule has 0 amide bonds. The van der Waals surface area contributed by atoms with Crippen LogP contribution >= 0.6 is 0 Å². The van der Waals surface area contributed by atoms with Crippen LogP contribution in [0.15, 0.2) is 0 Å². The van der Waals surface area contributed by atoms with E-state index in [1.165, 1.54) is 0 Å². The average molecular weight is 334 g/mol. The van der Waals surface area contributed by atoms with Gasteiger partial charge in [0, 0.05) is 6.42 Å². The molecule has 4 N–H and O–H groups in total. The maximum atomic E-state index is 10.4. The van der Waals surface area contributed by atoms with Crippen LogP contribution < -0.4 is 0 Å². The highest BCUT2D eigenvalue weighted by atomic mass is 16.7. The van der Waals surface area contributed by atoms with Gasteiger partial charge in [-0.05, 0) is 26.7 Å². The van der Waals surface area contributed by atoms with Crippen LogP contribution in [0, 0.1) is 0 Å². The van der Waals surface area contributed by atoms with Gasteiger partial charge in [-0.1, -0.05) is 19.3 Å². The minimum absolute atomic E-state index is 0.0824. The van der Waals surface area contributed by atoms with Crippen LogP contribution in [0.2, 0.25) is 0 Å². The number of unbranched alkanes of at least 4 members (excludes halogenated alkanes) is 2. The number of rotatable bonds is 10. The summed E-state index contributed by atoms with van der Waals surface area (Å²) in [5, 5.41) is 37.5. The SMILES string of the molecule is C[C@H](CCCCC[C@@H](O)CC(=O)O)O[C@@H]1O[C@@H](C)[C@H](O)C[C@H]1O. The zero-order valence-corrected chi connectivity index (χ0v) is 13.9. The van der Waals surface area contributed by atoms with Gasteiger partial charge in [-0.25, -0.2) is 0 Å². The highest BCUT2D eigenvalue weighted by molar-refractivity contribution is 5.67. The molecule has 0 aliphatic carbocycles. The van der Waals surface area contributed by atoms with Crippen LogP contribution in [-0.2, 0) is 14.3 Å². The van der Waals surface area contributed by atoms with Crippen molar-refractivity contribution in [1.29, 1.82) is 0 Å². The van der Waals surface area contributed by atoms with Gasteiger partial charge in [0.05, 0.1) is 30.8 Å². The van der Waals surface area contributed by atoms with E-state index in [4.69, 9.17) is 14.6 Å². The standard InChI is InChI=1S/C16H30O7/c1-10(6-4-3-5-7-12(17)8-15(20)21)22-16-14(19)9-13(18)11(2)23-16/h10-14,16-19H,3-9H2,1-2H3,(H,20,21)/t10-,11+,12-,13-,14-,16-/m1/s1. The second-order valence-corrected chi connectivity index (χ2v) is 6.42. The molecule has 0 aromatic rings. The van der Waals surface area contributed by atoms with E-state index >= 15 is 0 Å². The molecule has 6 atom stereocenters. The van der Waals surface area contributed by atoms with Gasteiger partial charge >= 0.3 is 5.97 Å². The Morgan fingerprint density at radius 2 is 1.87 bits per heavy atom. The van der Waals surface area contributed by atoms with Crippen molar-refractivity contribution in [3.05, 3.63) is 0 Å². The number of aliphatic carboxylic acids is 1. The lowest BCUT2D eigenvalue weighted by atomic mass is 10.0. The van der Waals surface area contributed by atoms with Crippen LogP contribution in [-0.4, -0.2) is 63.2 Å². The predicted molar refractivity (Wildman–Crippen MR) is 82.9 cm³/mol. The Kier molecular flexibility index (Phi) is 9.01. The van der Waals surface area contributed by atoms with Gasteiger partial charge in [-0.15, -0.1) is 0 Å². The lowest BCUT2D eigenvalue weighted by Gasteiger charge is -2.36. The van der Waals surface area contributed by atoms with Crippen molar-refractivity contribution in [2.75, 3.05) is 0 Å². The van der Waals surface area contributed by atoms with Gasteiger partial charge in [0.1, 0.15) is 6.10 Å². The molecular formula is C16H30O7. The highest BCUT2D eigenvalue weighted by Crippen LogP contribution is 2.23. The van der Waals surface area contributed by atoms with Crippen molar-refractivity contribution in [2.24, 2.45) is 0 Å². The number of aliphatic hydroxyl groups excluding tert-OH is 3. The summed E-state index contributed by atoms with van der Waals surface area (Å²) in [4.78, 5) is 10.4. The van der Waals surface area contributed by atoms with Gasteiger partial charge in [0.25, 0.3) is 0 Å². The fraction of sp³-hybridized carbons (Fsp3) is 0.938. The number of carboxylic acid groups (broad SMARTS) is 1. The van der Waals surface area contributed by atoms with E-state index in [0.717, 1.165) is 25.7 Å².